The molecule has 0 spiro atoms. The molecule has 0 atom stereocenters. The Morgan fingerprint density at radius 3 is 2.46 bits per heavy atom. The molecule has 0 fully saturated rings. The molecule has 0 saturated heterocycles. The third-order valence-corrected chi connectivity index (χ3v) is 5.53. The molecule has 3 rings (SSSR count). The molecule has 0 radical (unpaired) electrons. The minimum Gasteiger partial charge on any atom is -0.280 e. The zero-order chi connectivity index (χ0) is 17.5. The summed E-state index contributed by atoms with van der Waals surface area (Å²) in [5, 5.41) is 0. The SMILES string of the molecule is O=S(=O)(Nc1ccc2nsnc2c1)c1ccc(Br)cc1C(F)(F)F. The van der Waals surface area contributed by atoms with Crippen molar-refractivity contribution in [3.63, 3.8) is 0 Å². The summed E-state index contributed by atoms with van der Waals surface area (Å²) in [5.74, 6) is 0. The number of hydrogen-bond acceptors (Lipinski definition) is 5. The van der Waals surface area contributed by atoms with Gasteiger partial charge in [0.15, 0.2) is 0 Å². The highest BCUT2D eigenvalue weighted by molar-refractivity contribution is 9.10. The molecule has 3 aromatic rings. The van der Waals surface area contributed by atoms with Crippen LogP contribution in [0.4, 0.5) is 18.9 Å². The standard InChI is InChI=1S/C13H7BrF3N3O2S2/c14-7-1-4-12(9(5-7)13(15,16)17)24(21,22)20-8-2-3-10-11(6-8)19-23-18-10/h1-6,20H. The molecule has 0 unspecified atom stereocenters. The quantitative estimate of drug-likeness (QED) is 0.663. The van der Waals surface area contributed by atoms with Crippen molar-refractivity contribution < 1.29 is 21.6 Å². The third-order valence-electron chi connectivity index (χ3n) is 3.04. The summed E-state index contributed by atoms with van der Waals surface area (Å²) in [7, 11) is -4.43. The van der Waals surface area contributed by atoms with E-state index in [4.69, 9.17) is 0 Å². The number of anilines is 1. The molecule has 1 heterocycles. The first-order chi connectivity index (χ1) is 11.2. The lowest BCUT2D eigenvalue weighted by molar-refractivity contribution is -0.139. The van der Waals surface area contributed by atoms with Crippen molar-refractivity contribution in [2.45, 2.75) is 11.1 Å². The lowest BCUT2D eigenvalue weighted by Gasteiger charge is -2.15. The Labute approximate surface area is 147 Å². The monoisotopic (exact) mass is 437 g/mol. The highest BCUT2D eigenvalue weighted by Crippen LogP contribution is 2.36. The van der Waals surface area contributed by atoms with Crippen LogP contribution in [0.15, 0.2) is 45.8 Å². The van der Waals surface area contributed by atoms with Crippen LogP contribution in [0.1, 0.15) is 5.56 Å². The van der Waals surface area contributed by atoms with E-state index in [1.807, 2.05) is 0 Å². The fourth-order valence-corrected chi connectivity index (χ4v) is 4.15. The van der Waals surface area contributed by atoms with Gasteiger partial charge < -0.3 is 0 Å². The normalized spacial score (nSPS) is 12.5. The van der Waals surface area contributed by atoms with Gasteiger partial charge in [-0.2, -0.15) is 21.9 Å². The Balaban J connectivity index is 2.04. The number of alkyl halides is 3. The van der Waals surface area contributed by atoms with E-state index in [0.29, 0.717) is 11.0 Å². The van der Waals surface area contributed by atoms with Crippen LogP contribution in [0.5, 0.6) is 0 Å². The third kappa shape index (κ3) is 3.37. The summed E-state index contributed by atoms with van der Waals surface area (Å²) in [6.45, 7) is 0. The number of hydrogen-bond donors (Lipinski definition) is 1. The van der Waals surface area contributed by atoms with Gasteiger partial charge in [0, 0.05) is 4.47 Å². The van der Waals surface area contributed by atoms with Crippen LogP contribution < -0.4 is 4.72 Å². The summed E-state index contributed by atoms with van der Waals surface area (Å²) < 4.78 is 74.4. The zero-order valence-corrected chi connectivity index (χ0v) is 14.7. The van der Waals surface area contributed by atoms with Crippen molar-refractivity contribution in [1.82, 2.24) is 8.75 Å². The van der Waals surface area contributed by atoms with Crippen LogP contribution in [0, 0.1) is 0 Å². The number of sulfonamides is 1. The van der Waals surface area contributed by atoms with Gasteiger partial charge in [-0.3, -0.25) is 4.72 Å². The summed E-state index contributed by atoms with van der Waals surface area (Å²) in [5.41, 5.74) is -0.123. The Bertz CT molecular complexity index is 1020. The molecule has 0 aliphatic carbocycles. The van der Waals surface area contributed by atoms with E-state index in [1.54, 1.807) is 0 Å². The van der Waals surface area contributed by atoms with Crippen LogP contribution in [0.3, 0.4) is 0 Å². The summed E-state index contributed by atoms with van der Waals surface area (Å²) in [6, 6.07) is 7.20. The second-order valence-corrected chi connectivity index (χ2v) is 7.81. The van der Waals surface area contributed by atoms with Gasteiger partial charge in [-0.25, -0.2) is 8.42 Å². The lowest BCUT2D eigenvalue weighted by Crippen LogP contribution is -2.19. The molecule has 1 aromatic heterocycles. The van der Waals surface area contributed by atoms with Gasteiger partial charge >= 0.3 is 6.18 Å². The molecule has 5 nitrogen and oxygen atoms in total. The van der Waals surface area contributed by atoms with E-state index in [9.17, 15) is 21.6 Å². The van der Waals surface area contributed by atoms with Crippen molar-refractivity contribution in [2.75, 3.05) is 4.72 Å². The van der Waals surface area contributed by atoms with Crippen molar-refractivity contribution in [1.29, 1.82) is 0 Å². The number of fused-ring (bicyclic) bond motifs is 1. The van der Waals surface area contributed by atoms with Crippen molar-refractivity contribution >= 4 is 54.4 Å². The van der Waals surface area contributed by atoms with Gasteiger partial charge in [0.25, 0.3) is 10.0 Å². The van der Waals surface area contributed by atoms with Gasteiger partial charge in [0.2, 0.25) is 0 Å². The van der Waals surface area contributed by atoms with E-state index in [1.165, 1.54) is 24.3 Å². The molecule has 0 saturated carbocycles. The van der Waals surface area contributed by atoms with Gasteiger partial charge in [-0.15, -0.1) is 0 Å². The van der Waals surface area contributed by atoms with E-state index in [-0.39, 0.29) is 10.2 Å². The predicted molar refractivity (Wildman–Crippen MR) is 87.4 cm³/mol. The van der Waals surface area contributed by atoms with Crippen molar-refractivity contribution in [3.05, 3.63) is 46.4 Å². The highest BCUT2D eigenvalue weighted by atomic mass is 79.9. The van der Waals surface area contributed by atoms with Crippen molar-refractivity contribution in [2.24, 2.45) is 0 Å². The molecule has 24 heavy (non-hydrogen) atoms. The lowest BCUT2D eigenvalue weighted by atomic mass is 10.2. The number of rotatable bonds is 3. The van der Waals surface area contributed by atoms with Crippen molar-refractivity contribution in [3.8, 4) is 0 Å². The summed E-state index contributed by atoms with van der Waals surface area (Å²) in [6.07, 6.45) is -4.81. The van der Waals surface area contributed by atoms with Gasteiger partial charge in [-0.1, -0.05) is 15.9 Å². The van der Waals surface area contributed by atoms with Gasteiger partial charge in [0.1, 0.15) is 11.0 Å². The molecule has 0 amide bonds. The fraction of sp³-hybridized carbons (Fsp3) is 0.0769. The molecular formula is C13H7BrF3N3O2S2. The highest BCUT2D eigenvalue weighted by Gasteiger charge is 2.37. The molecular weight excluding hydrogens is 431 g/mol. The molecule has 0 aliphatic rings. The maximum absolute atomic E-state index is 13.1. The topological polar surface area (TPSA) is 72.0 Å². The first kappa shape index (κ1) is 17.1. The smallest absolute Gasteiger partial charge is 0.280 e. The Kier molecular flexibility index (Phi) is 4.26. The summed E-state index contributed by atoms with van der Waals surface area (Å²) in [4.78, 5) is -0.852. The van der Waals surface area contributed by atoms with E-state index in [2.05, 4.69) is 29.4 Å². The van der Waals surface area contributed by atoms with Crippen LogP contribution in [0.2, 0.25) is 0 Å². The van der Waals surface area contributed by atoms with Crippen LogP contribution in [0.25, 0.3) is 11.0 Å². The molecule has 0 aliphatic heterocycles. The van der Waals surface area contributed by atoms with E-state index < -0.39 is 26.7 Å². The first-order valence-electron chi connectivity index (χ1n) is 6.29. The van der Waals surface area contributed by atoms with Gasteiger partial charge in [-0.05, 0) is 36.4 Å². The minimum atomic E-state index is -4.81. The number of aromatic nitrogens is 2. The molecule has 2 aromatic carbocycles. The number of halogens is 4. The second-order valence-electron chi connectivity index (χ2n) is 4.71. The average molecular weight is 438 g/mol. The molecule has 11 heteroatoms. The predicted octanol–water partition coefficient (Wildman–Crippen LogP) is 4.27. The number of nitrogens with one attached hydrogen (secondary N) is 1. The fourth-order valence-electron chi connectivity index (χ4n) is 2.01. The van der Waals surface area contributed by atoms with Crippen LogP contribution in [-0.2, 0) is 16.2 Å². The van der Waals surface area contributed by atoms with Crippen LogP contribution >= 0.6 is 27.7 Å². The van der Waals surface area contributed by atoms with E-state index in [0.717, 1.165) is 23.9 Å². The zero-order valence-electron chi connectivity index (χ0n) is 11.5. The summed E-state index contributed by atoms with van der Waals surface area (Å²) >= 11 is 3.87. The number of nitrogens with zero attached hydrogens (tertiary/aromatic N) is 2. The minimum absolute atomic E-state index is 0.103. The largest absolute Gasteiger partial charge is 0.417 e. The Hall–Kier alpha value is -1.72. The number of benzene rings is 2. The Morgan fingerprint density at radius 2 is 1.75 bits per heavy atom. The first-order valence-corrected chi connectivity index (χ1v) is 9.29. The van der Waals surface area contributed by atoms with Gasteiger partial charge in [0.05, 0.1) is 27.9 Å². The molecule has 126 valence electrons. The Morgan fingerprint density at radius 1 is 1.04 bits per heavy atom. The molecule has 0 bridgehead atoms. The van der Waals surface area contributed by atoms with Crippen LogP contribution in [-0.4, -0.2) is 17.2 Å². The maximum Gasteiger partial charge on any atom is 0.417 e. The maximum atomic E-state index is 13.1. The molecule has 1 N–H and O–H groups in total. The van der Waals surface area contributed by atoms with E-state index >= 15 is 0 Å². The average Bonchev–Trinajstić information content (AvgIpc) is 2.93. The second kappa shape index (κ2) is 5.97.